The first-order valence-corrected chi connectivity index (χ1v) is 10.6. The van der Waals surface area contributed by atoms with Gasteiger partial charge in [-0.15, -0.1) is 0 Å². The Hall–Kier alpha value is -2.70. The van der Waals surface area contributed by atoms with Crippen molar-refractivity contribution in [1.29, 1.82) is 0 Å². The highest BCUT2D eigenvalue weighted by molar-refractivity contribution is 7.89. The normalized spacial score (nSPS) is 12.7. The maximum atomic E-state index is 12.9. The van der Waals surface area contributed by atoms with Crippen LogP contribution in [0.1, 0.15) is 40.0 Å². The third kappa shape index (κ3) is 3.79. The number of amides is 1. The third-order valence-corrected chi connectivity index (χ3v) is 6.62. The molecule has 0 saturated heterocycles. The van der Waals surface area contributed by atoms with Gasteiger partial charge in [-0.25, -0.2) is 13.1 Å². The van der Waals surface area contributed by atoms with Gasteiger partial charge in [0.25, 0.3) is 5.91 Å². The summed E-state index contributed by atoms with van der Waals surface area (Å²) in [5.74, 6) is -0.309. The summed E-state index contributed by atoms with van der Waals surface area (Å²) in [6.45, 7) is 5.46. The zero-order valence-electron chi connectivity index (χ0n) is 16.4. The predicted molar refractivity (Wildman–Crippen MR) is 112 cm³/mol. The number of fused-ring (bicyclic) bond motifs is 1. The van der Waals surface area contributed by atoms with Crippen LogP contribution in [0.2, 0.25) is 0 Å². The molecule has 3 aromatic carbocycles. The van der Waals surface area contributed by atoms with Crippen LogP contribution in [0.25, 0.3) is 10.8 Å². The first kappa shape index (κ1) is 20.0. The van der Waals surface area contributed by atoms with Gasteiger partial charge in [-0.2, -0.15) is 0 Å². The van der Waals surface area contributed by atoms with Crippen LogP contribution in [-0.4, -0.2) is 21.4 Å². The molecule has 0 aliphatic heterocycles. The van der Waals surface area contributed by atoms with Gasteiger partial charge in [-0.05, 0) is 67.4 Å². The van der Waals surface area contributed by atoms with Crippen molar-refractivity contribution in [3.05, 3.63) is 76.9 Å². The van der Waals surface area contributed by atoms with Crippen molar-refractivity contribution in [3.63, 3.8) is 0 Å². The maximum absolute atomic E-state index is 12.9. The van der Waals surface area contributed by atoms with Crippen LogP contribution < -0.4 is 10.0 Å². The van der Waals surface area contributed by atoms with E-state index >= 15 is 0 Å². The van der Waals surface area contributed by atoms with E-state index in [0.29, 0.717) is 11.1 Å². The quantitative estimate of drug-likeness (QED) is 0.688. The molecule has 3 aromatic rings. The number of rotatable bonds is 5. The van der Waals surface area contributed by atoms with Gasteiger partial charge in [0.1, 0.15) is 0 Å². The lowest BCUT2D eigenvalue weighted by atomic mass is 9.99. The molecule has 3 rings (SSSR count). The molecule has 2 N–H and O–H groups in total. The van der Waals surface area contributed by atoms with E-state index in [4.69, 9.17) is 0 Å². The molecule has 1 atom stereocenters. The minimum atomic E-state index is -3.65. The van der Waals surface area contributed by atoms with Gasteiger partial charge in [0.2, 0.25) is 10.0 Å². The van der Waals surface area contributed by atoms with Crippen LogP contribution >= 0.6 is 0 Å². The summed E-state index contributed by atoms with van der Waals surface area (Å²) in [5, 5.41) is 5.18. The minimum absolute atomic E-state index is 0.123. The summed E-state index contributed by atoms with van der Waals surface area (Å²) in [6, 6.07) is 16.9. The first-order valence-electron chi connectivity index (χ1n) is 9.08. The molecule has 1 amide bonds. The Morgan fingerprint density at radius 3 is 2.39 bits per heavy atom. The first-order chi connectivity index (χ1) is 13.2. The predicted octanol–water partition coefficient (Wildman–Crippen LogP) is 3.86. The van der Waals surface area contributed by atoms with Crippen molar-refractivity contribution in [2.75, 3.05) is 7.05 Å². The van der Waals surface area contributed by atoms with E-state index in [0.717, 1.165) is 21.9 Å². The Morgan fingerprint density at radius 1 is 1.00 bits per heavy atom. The zero-order chi connectivity index (χ0) is 20.5. The van der Waals surface area contributed by atoms with Crippen LogP contribution in [0.15, 0.2) is 59.5 Å². The molecule has 6 heteroatoms. The fourth-order valence-electron chi connectivity index (χ4n) is 3.33. The molecule has 0 heterocycles. The van der Waals surface area contributed by atoms with Crippen molar-refractivity contribution in [2.24, 2.45) is 0 Å². The average molecular weight is 397 g/mol. The number of hydrogen-bond donors (Lipinski definition) is 2. The molecule has 28 heavy (non-hydrogen) atoms. The number of benzene rings is 3. The van der Waals surface area contributed by atoms with Crippen molar-refractivity contribution < 1.29 is 13.2 Å². The molecule has 0 spiro atoms. The summed E-state index contributed by atoms with van der Waals surface area (Å²) in [4.78, 5) is 13.0. The SMILES string of the molecule is CNS(=O)(=O)c1cc(C(=O)NC(C)c2cccc3ccccc23)cc(C)c1C. The lowest BCUT2D eigenvalue weighted by molar-refractivity contribution is 0.0940. The third-order valence-electron chi connectivity index (χ3n) is 5.08. The molecule has 0 fully saturated rings. The fourth-order valence-corrected chi connectivity index (χ4v) is 4.40. The Bertz CT molecular complexity index is 1150. The van der Waals surface area contributed by atoms with Gasteiger partial charge in [0.05, 0.1) is 10.9 Å². The Balaban J connectivity index is 1.95. The minimum Gasteiger partial charge on any atom is -0.345 e. The molecule has 0 radical (unpaired) electrons. The van der Waals surface area contributed by atoms with E-state index in [1.54, 1.807) is 19.9 Å². The van der Waals surface area contributed by atoms with Gasteiger partial charge in [0, 0.05) is 5.56 Å². The molecule has 0 bridgehead atoms. The highest BCUT2D eigenvalue weighted by Gasteiger charge is 2.20. The number of sulfonamides is 1. The summed E-state index contributed by atoms with van der Waals surface area (Å²) in [7, 11) is -2.29. The van der Waals surface area contributed by atoms with Crippen LogP contribution in [0.5, 0.6) is 0 Å². The largest absolute Gasteiger partial charge is 0.345 e. The highest BCUT2D eigenvalue weighted by Crippen LogP contribution is 2.25. The smallest absolute Gasteiger partial charge is 0.251 e. The molecule has 146 valence electrons. The van der Waals surface area contributed by atoms with Gasteiger partial charge < -0.3 is 5.32 Å². The highest BCUT2D eigenvalue weighted by atomic mass is 32.2. The second-order valence-corrected chi connectivity index (χ2v) is 8.74. The Kier molecular flexibility index (Phi) is 5.54. The maximum Gasteiger partial charge on any atom is 0.251 e. The molecule has 0 saturated carbocycles. The number of carbonyl (C=O) groups excluding carboxylic acids is 1. The average Bonchev–Trinajstić information content (AvgIpc) is 2.69. The topological polar surface area (TPSA) is 75.3 Å². The number of nitrogens with one attached hydrogen (secondary N) is 2. The monoisotopic (exact) mass is 396 g/mol. The Labute approximate surface area is 165 Å². The molecule has 5 nitrogen and oxygen atoms in total. The van der Waals surface area contributed by atoms with E-state index < -0.39 is 10.0 Å². The van der Waals surface area contributed by atoms with E-state index in [1.807, 2.05) is 49.4 Å². The van der Waals surface area contributed by atoms with E-state index in [1.165, 1.54) is 13.1 Å². The Morgan fingerprint density at radius 2 is 1.68 bits per heavy atom. The zero-order valence-corrected chi connectivity index (χ0v) is 17.2. The number of hydrogen-bond acceptors (Lipinski definition) is 3. The lowest BCUT2D eigenvalue weighted by Gasteiger charge is -2.18. The van der Waals surface area contributed by atoms with E-state index in [2.05, 4.69) is 10.0 Å². The summed E-state index contributed by atoms with van der Waals surface area (Å²) in [5.41, 5.74) is 2.72. The molecular formula is C22H24N2O3S. The number of carbonyl (C=O) groups is 1. The summed E-state index contributed by atoms with van der Waals surface area (Å²) >= 11 is 0. The van der Waals surface area contributed by atoms with Gasteiger partial charge >= 0.3 is 0 Å². The van der Waals surface area contributed by atoms with E-state index in [-0.39, 0.29) is 16.8 Å². The molecule has 1 unspecified atom stereocenters. The van der Waals surface area contributed by atoms with Crippen LogP contribution in [-0.2, 0) is 10.0 Å². The second-order valence-electron chi connectivity index (χ2n) is 6.89. The van der Waals surface area contributed by atoms with Crippen molar-refractivity contribution in [3.8, 4) is 0 Å². The van der Waals surface area contributed by atoms with Gasteiger partial charge in [-0.3, -0.25) is 4.79 Å². The summed E-state index contributed by atoms with van der Waals surface area (Å²) < 4.78 is 26.9. The van der Waals surface area contributed by atoms with Crippen LogP contribution in [0.3, 0.4) is 0 Å². The van der Waals surface area contributed by atoms with Crippen molar-refractivity contribution >= 4 is 26.7 Å². The van der Waals surface area contributed by atoms with E-state index in [9.17, 15) is 13.2 Å². The van der Waals surface area contributed by atoms with Crippen molar-refractivity contribution in [2.45, 2.75) is 31.7 Å². The fraction of sp³-hybridized carbons (Fsp3) is 0.227. The molecular weight excluding hydrogens is 372 g/mol. The van der Waals surface area contributed by atoms with Crippen molar-refractivity contribution in [1.82, 2.24) is 10.0 Å². The lowest BCUT2D eigenvalue weighted by Crippen LogP contribution is -2.28. The van der Waals surface area contributed by atoms with Gasteiger partial charge in [0.15, 0.2) is 0 Å². The standard InChI is InChI=1S/C22H24N2O3S/c1-14-12-18(13-21(15(14)2)28(26,27)23-4)22(25)24-16(3)19-11-7-9-17-8-5-6-10-20(17)19/h5-13,16,23H,1-4H3,(H,24,25). The molecule has 0 aliphatic carbocycles. The molecule has 0 aromatic heterocycles. The number of aryl methyl sites for hydroxylation is 1. The van der Waals surface area contributed by atoms with Crippen LogP contribution in [0.4, 0.5) is 0 Å². The van der Waals surface area contributed by atoms with Gasteiger partial charge in [-0.1, -0.05) is 42.5 Å². The molecule has 0 aliphatic rings. The second kappa shape index (κ2) is 7.73. The van der Waals surface area contributed by atoms with Crippen LogP contribution in [0, 0.1) is 13.8 Å². The summed E-state index contributed by atoms with van der Waals surface area (Å²) in [6.07, 6.45) is 0.